The highest BCUT2D eigenvalue weighted by atomic mass is 16.5. The molecule has 0 heterocycles. The van der Waals surface area contributed by atoms with Crippen molar-refractivity contribution in [1.82, 2.24) is 0 Å². The summed E-state index contributed by atoms with van der Waals surface area (Å²) in [5.41, 5.74) is 4.30. The average Bonchev–Trinajstić information content (AvgIpc) is 2.55. The van der Waals surface area contributed by atoms with Gasteiger partial charge in [-0.3, -0.25) is 4.79 Å². The van der Waals surface area contributed by atoms with Gasteiger partial charge in [0, 0.05) is 5.69 Å². The second-order valence-corrected chi connectivity index (χ2v) is 7.22. The van der Waals surface area contributed by atoms with Crippen molar-refractivity contribution in [3.05, 3.63) is 64.7 Å². The Kier molecular flexibility index (Phi) is 5.62. The summed E-state index contributed by atoms with van der Waals surface area (Å²) in [5.74, 6) is -0.853. The second-order valence-electron chi connectivity index (χ2n) is 7.22. The molecule has 0 spiro atoms. The molecule has 0 atom stereocenters. The Morgan fingerprint density at radius 3 is 2.04 bits per heavy atom. The Labute approximate surface area is 149 Å². The Balaban J connectivity index is 1.94. The van der Waals surface area contributed by atoms with Gasteiger partial charge in [0.15, 0.2) is 6.61 Å². The van der Waals surface area contributed by atoms with Crippen LogP contribution in [0.15, 0.2) is 42.5 Å². The molecule has 25 heavy (non-hydrogen) atoms. The van der Waals surface area contributed by atoms with Gasteiger partial charge in [0.05, 0.1) is 5.56 Å². The van der Waals surface area contributed by atoms with Crippen molar-refractivity contribution < 1.29 is 14.3 Å². The molecule has 1 N–H and O–H groups in total. The summed E-state index contributed by atoms with van der Waals surface area (Å²) in [5, 5.41) is 2.80. The van der Waals surface area contributed by atoms with Crippen molar-refractivity contribution >= 4 is 17.6 Å². The number of para-hydroxylation sites is 1. The van der Waals surface area contributed by atoms with Crippen LogP contribution in [0.3, 0.4) is 0 Å². The van der Waals surface area contributed by atoms with Crippen LogP contribution in [0, 0.1) is 13.8 Å². The summed E-state index contributed by atoms with van der Waals surface area (Å²) < 4.78 is 5.12. The summed E-state index contributed by atoms with van der Waals surface area (Å²) >= 11 is 0. The molecular formula is C21H25NO3. The Bertz CT molecular complexity index is 750. The standard InChI is InChI=1S/C21H25NO3/c1-14-7-6-8-15(2)19(14)22-18(23)13-25-20(24)16-9-11-17(12-10-16)21(3,4)5/h6-12H,13H2,1-5H3,(H,22,23). The van der Waals surface area contributed by atoms with E-state index in [1.54, 1.807) is 12.1 Å². The van der Waals surface area contributed by atoms with Crippen LogP contribution in [-0.4, -0.2) is 18.5 Å². The molecule has 2 rings (SSSR count). The maximum atomic E-state index is 12.1. The van der Waals surface area contributed by atoms with Crippen molar-refractivity contribution in [3.63, 3.8) is 0 Å². The third kappa shape index (κ3) is 4.92. The number of amides is 1. The van der Waals surface area contributed by atoms with Gasteiger partial charge in [-0.05, 0) is 48.1 Å². The van der Waals surface area contributed by atoms with Gasteiger partial charge < -0.3 is 10.1 Å². The van der Waals surface area contributed by atoms with Crippen LogP contribution in [0.4, 0.5) is 5.69 Å². The first-order valence-electron chi connectivity index (χ1n) is 8.32. The topological polar surface area (TPSA) is 55.4 Å². The van der Waals surface area contributed by atoms with Gasteiger partial charge in [0.2, 0.25) is 0 Å². The highest BCUT2D eigenvalue weighted by molar-refractivity contribution is 5.96. The first-order chi connectivity index (χ1) is 11.7. The zero-order chi connectivity index (χ0) is 18.6. The maximum Gasteiger partial charge on any atom is 0.338 e. The molecule has 0 bridgehead atoms. The van der Waals surface area contributed by atoms with Crippen LogP contribution in [0.2, 0.25) is 0 Å². The molecule has 0 aliphatic rings. The lowest BCUT2D eigenvalue weighted by atomic mass is 9.87. The Hall–Kier alpha value is -2.62. The van der Waals surface area contributed by atoms with Crippen molar-refractivity contribution in [2.45, 2.75) is 40.0 Å². The molecule has 2 aromatic rings. The Morgan fingerprint density at radius 2 is 1.52 bits per heavy atom. The van der Waals surface area contributed by atoms with E-state index in [0.29, 0.717) is 5.56 Å². The van der Waals surface area contributed by atoms with E-state index in [-0.39, 0.29) is 17.9 Å². The number of nitrogens with one attached hydrogen (secondary N) is 1. The number of anilines is 1. The number of hydrogen-bond donors (Lipinski definition) is 1. The fourth-order valence-electron chi connectivity index (χ4n) is 2.51. The SMILES string of the molecule is Cc1cccc(C)c1NC(=O)COC(=O)c1ccc(C(C)(C)C)cc1. The second kappa shape index (κ2) is 7.51. The number of carbonyl (C=O) groups excluding carboxylic acids is 2. The zero-order valence-corrected chi connectivity index (χ0v) is 15.5. The van der Waals surface area contributed by atoms with Crippen LogP contribution in [0.1, 0.15) is 47.8 Å². The first kappa shape index (κ1) is 18.7. The molecule has 0 aromatic heterocycles. The summed E-state index contributed by atoms with van der Waals surface area (Å²) in [6, 6.07) is 13.1. The van der Waals surface area contributed by atoms with Crippen molar-refractivity contribution in [1.29, 1.82) is 0 Å². The van der Waals surface area contributed by atoms with E-state index >= 15 is 0 Å². The van der Waals surface area contributed by atoms with Gasteiger partial charge in [-0.25, -0.2) is 4.79 Å². The summed E-state index contributed by atoms with van der Waals surface area (Å²) in [6.45, 7) is 9.86. The minimum atomic E-state index is -0.503. The molecule has 0 unspecified atom stereocenters. The highest BCUT2D eigenvalue weighted by Gasteiger charge is 2.16. The molecule has 0 radical (unpaired) electrons. The quantitative estimate of drug-likeness (QED) is 0.840. The predicted octanol–water partition coefficient (Wildman–Crippen LogP) is 4.40. The molecule has 0 aliphatic carbocycles. The summed E-state index contributed by atoms with van der Waals surface area (Å²) in [6.07, 6.45) is 0. The van der Waals surface area contributed by atoms with E-state index in [1.165, 1.54) is 0 Å². The lowest BCUT2D eigenvalue weighted by Gasteiger charge is -2.18. The number of rotatable bonds is 4. The Morgan fingerprint density at radius 1 is 0.960 bits per heavy atom. The lowest BCUT2D eigenvalue weighted by molar-refractivity contribution is -0.119. The highest BCUT2D eigenvalue weighted by Crippen LogP contribution is 2.22. The van der Waals surface area contributed by atoms with Gasteiger partial charge in [-0.2, -0.15) is 0 Å². The van der Waals surface area contributed by atoms with Crippen molar-refractivity contribution in [2.24, 2.45) is 0 Å². The van der Waals surface area contributed by atoms with Crippen LogP contribution < -0.4 is 5.32 Å². The molecule has 0 aliphatic heterocycles. The average molecular weight is 339 g/mol. The van der Waals surface area contributed by atoms with Gasteiger partial charge in [-0.15, -0.1) is 0 Å². The van der Waals surface area contributed by atoms with Gasteiger partial charge in [-0.1, -0.05) is 51.1 Å². The number of aryl methyl sites for hydroxylation is 2. The molecule has 1 amide bonds. The van der Waals surface area contributed by atoms with Crippen molar-refractivity contribution in [2.75, 3.05) is 11.9 Å². The van der Waals surface area contributed by atoms with E-state index < -0.39 is 5.97 Å². The van der Waals surface area contributed by atoms with Crippen LogP contribution >= 0.6 is 0 Å². The lowest BCUT2D eigenvalue weighted by Crippen LogP contribution is -2.22. The summed E-state index contributed by atoms with van der Waals surface area (Å²) in [4.78, 5) is 24.1. The fourth-order valence-corrected chi connectivity index (χ4v) is 2.51. The number of benzene rings is 2. The smallest absolute Gasteiger partial charge is 0.338 e. The van der Waals surface area contributed by atoms with Gasteiger partial charge in [0.25, 0.3) is 5.91 Å². The normalized spacial score (nSPS) is 11.1. The van der Waals surface area contributed by atoms with E-state index in [1.807, 2.05) is 44.2 Å². The largest absolute Gasteiger partial charge is 0.452 e. The van der Waals surface area contributed by atoms with Crippen LogP contribution in [0.5, 0.6) is 0 Å². The molecule has 4 nitrogen and oxygen atoms in total. The molecule has 0 saturated heterocycles. The predicted molar refractivity (Wildman–Crippen MR) is 100.0 cm³/mol. The van der Waals surface area contributed by atoms with E-state index in [0.717, 1.165) is 22.4 Å². The maximum absolute atomic E-state index is 12.1. The molecule has 0 fully saturated rings. The van der Waals surface area contributed by atoms with E-state index in [4.69, 9.17) is 4.74 Å². The van der Waals surface area contributed by atoms with E-state index in [2.05, 4.69) is 26.1 Å². The minimum absolute atomic E-state index is 0.0216. The zero-order valence-electron chi connectivity index (χ0n) is 15.5. The summed E-state index contributed by atoms with van der Waals surface area (Å²) in [7, 11) is 0. The van der Waals surface area contributed by atoms with Crippen molar-refractivity contribution in [3.8, 4) is 0 Å². The molecule has 2 aromatic carbocycles. The van der Waals surface area contributed by atoms with Crippen LogP contribution in [0.25, 0.3) is 0 Å². The van der Waals surface area contributed by atoms with E-state index in [9.17, 15) is 9.59 Å². The fraction of sp³-hybridized carbons (Fsp3) is 0.333. The third-order valence-corrected chi connectivity index (χ3v) is 4.07. The number of esters is 1. The third-order valence-electron chi connectivity index (χ3n) is 4.07. The molecular weight excluding hydrogens is 314 g/mol. The van der Waals surface area contributed by atoms with Crippen LogP contribution in [-0.2, 0) is 14.9 Å². The number of hydrogen-bond acceptors (Lipinski definition) is 3. The number of carbonyl (C=O) groups is 2. The molecule has 0 saturated carbocycles. The first-order valence-corrected chi connectivity index (χ1v) is 8.32. The monoisotopic (exact) mass is 339 g/mol. The minimum Gasteiger partial charge on any atom is -0.452 e. The number of ether oxygens (including phenoxy) is 1. The van der Waals surface area contributed by atoms with Gasteiger partial charge >= 0.3 is 5.97 Å². The van der Waals surface area contributed by atoms with Gasteiger partial charge in [0.1, 0.15) is 0 Å². The molecule has 4 heteroatoms. The molecule has 132 valence electrons.